The van der Waals surface area contributed by atoms with E-state index in [1.165, 1.54) is 0 Å². The summed E-state index contributed by atoms with van der Waals surface area (Å²) in [5.41, 5.74) is 0.799. The van der Waals surface area contributed by atoms with Gasteiger partial charge in [0.05, 0.1) is 12.2 Å². The largest absolute Gasteiger partial charge is 0.416 e. The van der Waals surface area contributed by atoms with Gasteiger partial charge in [0.15, 0.2) is 0 Å². The second-order valence-corrected chi connectivity index (χ2v) is 5.03. The Balaban J connectivity index is 1.96. The van der Waals surface area contributed by atoms with Crippen molar-refractivity contribution in [1.82, 2.24) is 0 Å². The first kappa shape index (κ1) is 17.8. The first-order valence-corrected chi connectivity index (χ1v) is 7.21. The third-order valence-electron chi connectivity index (χ3n) is 3.25. The molecule has 24 heavy (non-hydrogen) atoms. The van der Waals surface area contributed by atoms with E-state index in [0.29, 0.717) is 18.8 Å². The van der Waals surface area contributed by atoms with Gasteiger partial charge in [-0.3, -0.25) is 4.79 Å². The number of hydrogen-bond donors (Lipinski definition) is 2. The molecule has 2 rings (SSSR count). The van der Waals surface area contributed by atoms with Crippen molar-refractivity contribution in [2.45, 2.75) is 6.18 Å². The molecule has 0 saturated heterocycles. The molecule has 0 aliphatic rings. The molecule has 1 amide bonds. The Morgan fingerprint density at radius 2 is 1.58 bits per heavy atom. The minimum Gasteiger partial charge on any atom is -0.383 e. The highest BCUT2D eigenvalue weighted by molar-refractivity contribution is 6.04. The number of hydrogen-bond acceptors (Lipinski definition) is 3. The maximum absolute atomic E-state index is 12.5. The monoisotopic (exact) mass is 338 g/mol. The number of carbonyl (C=O) groups excluding carboxylic acids is 1. The molecule has 0 aromatic heterocycles. The molecule has 0 atom stereocenters. The Morgan fingerprint density at radius 3 is 2.12 bits per heavy atom. The lowest BCUT2D eigenvalue weighted by molar-refractivity contribution is -0.137. The van der Waals surface area contributed by atoms with Crippen molar-refractivity contribution < 1.29 is 22.7 Å². The average molecular weight is 338 g/mol. The van der Waals surface area contributed by atoms with Crippen molar-refractivity contribution in [2.24, 2.45) is 0 Å². The number of ether oxygens (including phenoxy) is 1. The molecule has 0 radical (unpaired) electrons. The lowest BCUT2D eigenvalue weighted by atomic mass is 10.1. The van der Waals surface area contributed by atoms with Crippen LogP contribution in [0.1, 0.15) is 15.9 Å². The Labute approximate surface area is 137 Å². The fraction of sp³-hybridized carbons (Fsp3) is 0.235. The molecule has 0 saturated carbocycles. The van der Waals surface area contributed by atoms with Crippen LogP contribution in [0.5, 0.6) is 0 Å². The highest BCUT2D eigenvalue weighted by Crippen LogP contribution is 2.29. The highest BCUT2D eigenvalue weighted by atomic mass is 19.4. The second-order valence-electron chi connectivity index (χ2n) is 5.03. The predicted molar refractivity (Wildman–Crippen MR) is 86.2 cm³/mol. The lowest BCUT2D eigenvalue weighted by Crippen LogP contribution is -2.13. The third-order valence-corrected chi connectivity index (χ3v) is 3.25. The molecule has 128 valence electrons. The van der Waals surface area contributed by atoms with Crippen LogP contribution in [-0.4, -0.2) is 26.2 Å². The highest BCUT2D eigenvalue weighted by Gasteiger charge is 2.30. The Bertz CT molecular complexity index is 668. The van der Waals surface area contributed by atoms with Crippen LogP contribution in [0.25, 0.3) is 0 Å². The summed E-state index contributed by atoms with van der Waals surface area (Å²) in [4.78, 5) is 12.0. The Kier molecular flexibility index (Phi) is 5.81. The van der Waals surface area contributed by atoms with Gasteiger partial charge in [-0.05, 0) is 48.5 Å². The zero-order valence-electron chi connectivity index (χ0n) is 13.0. The van der Waals surface area contributed by atoms with Crippen LogP contribution in [0.2, 0.25) is 0 Å². The quantitative estimate of drug-likeness (QED) is 0.782. The maximum atomic E-state index is 12.5. The molecule has 0 fully saturated rings. The van der Waals surface area contributed by atoms with Crippen LogP contribution in [0.15, 0.2) is 48.5 Å². The van der Waals surface area contributed by atoms with Gasteiger partial charge in [0.25, 0.3) is 5.91 Å². The van der Waals surface area contributed by atoms with Crippen LogP contribution in [0, 0.1) is 0 Å². The van der Waals surface area contributed by atoms with Gasteiger partial charge in [-0.25, -0.2) is 0 Å². The number of halogens is 3. The van der Waals surface area contributed by atoms with Crippen LogP contribution < -0.4 is 10.6 Å². The SMILES string of the molecule is COCCNc1ccc(NC(=O)c2ccc(C(F)(F)F)cc2)cc1. The topological polar surface area (TPSA) is 50.4 Å². The smallest absolute Gasteiger partial charge is 0.383 e. The third kappa shape index (κ3) is 4.99. The van der Waals surface area contributed by atoms with Crippen LogP contribution in [0.3, 0.4) is 0 Å². The number of carbonyl (C=O) groups is 1. The van der Waals surface area contributed by atoms with Crippen molar-refractivity contribution in [3.05, 3.63) is 59.7 Å². The van der Waals surface area contributed by atoms with Crippen LogP contribution >= 0.6 is 0 Å². The standard InChI is InChI=1S/C17H17F3N2O2/c1-24-11-10-21-14-6-8-15(9-7-14)22-16(23)12-2-4-13(5-3-12)17(18,19)20/h2-9,21H,10-11H2,1H3,(H,22,23). The van der Waals surface area contributed by atoms with Gasteiger partial charge >= 0.3 is 6.18 Å². The first-order valence-electron chi connectivity index (χ1n) is 7.21. The summed E-state index contributed by atoms with van der Waals surface area (Å²) in [5, 5.41) is 5.77. The molecule has 0 aliphatic heterocycles. The van der Waals surface area contributed by atoms with Crippen molar-refractivity contribution in [3.8, 4) is 0 Å². The molecule has 0 spiro atoms. The van der Waals surface area contributed by atoms with E-state index in [0.717, 1.165) is 30.0 Å². The van der Waals surface area contributed by atoms with E-state index in [-0.39, 0.29) is 5.56 Å². The minimum atomic E-state index is -4.42. The van der Waals surface area contributed by atoms with Crippen molar-refractivity contribution >= 4 is 17.3 Å². The number of methoxy groups -OCH3 is 1. The molecule has 2 aromatic carbocycles. The Morgan fingerprint density at radius 1 is 1.00 bits per heavy atom. The molecule has 2 aromatic rings. The zero-order valence-corrected chi connectivity index (χ0v) is 13.0. The van der Waals surface area contributed by atoms with Gasteiger partial charge in [0, 0.05) is 30.6 Å². The van der Waals surface area contributed by atoms with E-state index in [2.05, 4.69) is 10.6 Å². The molecular formula is C17H17F3N2O2. The molecule has 0 bridgehead atoms. The normalized spacial score (nSPS) is 11.2. The summed E-state index contributed by atoms with van der Waals surface area (Å²) in [6.45, 7) is 1.24. The fourth-order valence-electron chi connectivity index (χ4n) is 1.98. The average Bonchev–Trinajstić information content (AvgIpc) is 2.56. The second kappa shape index (κ2) is 7.83. The van der Waals surface area contributed by atoms with Crippen molar-refractivity contribution in [2.75, 3.05) is 30.9 Å². The molecule has 0 heterocycles. The maximum Gasteiger partial charge on any atom is 0.416 e. The summed E-state index contributed by atoms with van der Waals surface area (Å²) in [6.07, 6.45) is -4.42. The molecule has 7 heteroatoms. The lowest BCUT2D eigenvalue weighted by Gasteiger charge is -2.09. The number of rotatable bonds is 6. The van der Waals surface area contributed by atoms with E-state index < -0.39 is 17.6 Å². The minimum absolute atomic E-state index is 0.158. The van der Waals surface area contributed by atoms with Gasteiger partial charge in [-0.2, -0.15) is 13.2 Å². The molecule has 0 aliphatic carbocycles. The zero-order chi connectivity index (χ0) is 17.6. The van der Waals surface area contributed by atoms with Gasteiger partial charge in [0.1, 0.15) is 0 Å². The molecular weight excluding hydrogens is 321 g/mol. The van der Waals surface area contributed by atoms with E-state index in [1.807, 2.05) is 0 Å². The summed E-state index contributed by atoms with van der Waals surface area (Å²) in [6, 6.07) is 11.1. The van der Waals surface area contributed by atoms with Crippen molar-refractivity contribution in [3.63, 3.8) is 0 Å². The number of alkyl halides is 3. The number of benzene rings is 2. The van der Waals surface area contributed by atoms with E-state index in [1.54, 1.807) is 31.4 Å². The molecule has 0 unspecified atom stereocenters. The van der Waals surface area contributed by atoms with E-state index in [4.69, 9.17) is 4.74 Å². The number of amides is 1. The predicted octanol–water partition coefficient (Wildman–Crippen LogP) is 4.02. The van der Waals surface area contributed by atoms with E-state index >= 15 is 0 Å². The van der Waals surface area contributed by atoms with E-state index in [9.17, 15) is 18.0 Å². The first-order chi connectivity index (χ1) is 11.4. The summed E-state index contributed by atoms with van der Waals surface area (Å²) < 4.78 is 42.4. The summed E-state index contributed by atoms with van der Waals surface area (Å²) >= 11 is 0. The molecule has 2 N–H and O–H groups in total. The fourth-order valence-corrected chi connectivity index (χ4v) is 1.98. The number of anilines is 2. The summed E-state index contributed by atoms with van der Waals surface area (Å²) in [5.74, 6) is -0.469. The Hall–Kier alpha value is -2.54. The van der Waals surface area contributed by atoms with Crippen LogP contribution in [0.4, 0.5) is 24.5 Å². The molecule has 4 nitrogen and oxygen atoms in total. The van der Waals surface area contributed by atoms with Crippen molar-refractivity contribution in [1.29, 1.82) is 0 Å². The number of nitrogens with one attached hydrogen (secondary N) is 2. The van der Waals surface area contributed by atoms with Gasteiger partial charge in [-0.1, -0.05) is 0 Å². The van der Waals surface area contributed by atoms with Crippen LogP contribution in [-0.2, 0) is 10.9 Å². The van der Waals surface area contributed by atoms with Gasteiger partial charge < -0.3 is 15.4 Å². The van der Waals surface area contributed by atoms with Gasteiger partial charge in [-0.15, -0.1) is 0 Å². The van der Waals surface area contributed by atoms with Gasteiger partial charge in [0.2, 0.25) is 0 Å². The summed E-state index contributed by atoms with van der Waals surface area (Å²) in [7, 11) is 1.61.